The number of esters is 1. The monoisotopic (exact) mass is 371 g/mol. The molecule has 1 aromatic heterocycles. The fourth-order valence-electron chi connectivity index (χ4n) is 3.08. The molecule has 0 unspecified atom stereocenters. The fourth-order valence-corrected chi connectivity index (χ4v) is 3.08. The van der Waals surface area contributed by atoms with E-state index in [-0.39, 0.29) is 12.4 Å². The highest BCUT2D eigenvalue weighted by Crippen LogP contribution is 2.26. The van der Waals surface area contributed by atoms with Gasteiger partial charge in [0.25, 0.3) is 0 Å². The van der Waals surface area contributed by atoms with Crippen molar-refractivity contribution < 1.29 is 13.9 Å². The lowest BCUT2D eigenvalue weighted by molar-refractivity contribution is 0.0475. The Morgan fingerprint density at radius 1 is 0.964 bits per heavy atom. The molecule has 3 nitrogen and oxygen atoms in total. The van der Waals surface area contributed by atoms with E-state index in [2.05, 4.69) is 4.98 Å². The molecule has 1 heterocycles. The summed E-state index contributed by atoms with van der Waals surface area (Å²) in [5, 5.41) is 0.740. The van der Waals surface area contributed by atoms with Crippen LogP contribution in [-0.4, -0.2) is 11.0 Å². The molecule has 0 amide bonds. The van der Waals surface area contributed by atoms with Crippen LogP contribution in [0.4, 0.5) is 4.39 Å². The lowest BCUT2D eigenvalue weighted by atomic mass is 10.0. The molecule has 4 heteroatoms. The summed E-state index contributed by atoms with van der Waals surface area (Å²) in [6, 6.07) is 23.1. The molecular formula is C24H18FNO2. The predicted octanol–water partition coefficient (Wildman–Crippen LogP) is 5.71. The van der Waals surface area contributed by atoms with Gasteiger partial charge < -0.3 is 4.74 Å². The number of halogens is 1. The standard InChI is InChI=1S/C24H18FNO2/c1-16-7-12-22-20(13-16)21(24(27)28-15-17-5-3-2-4-6-17)14-23(26-22)18-8-10-19(25)11-9-18/h2-14H,15H2,1H3. The summed E-state index contributed by atoms with van der Waals surface area (Å²) in [5.74, 6) is -0.729. The average Bonchev–Trinajstić information content (AvgIpc) is 2.72. The van der Waals surface area contributed by atoms with Gasteiger partial charge in [0.15, 0.2) is 0 Å². The van der Waals surface area contributed by atoms with Crippen LogP contribution < -0.4 is 0 Å². The van der Waals surface area contributed by atoms with E-state index >= 15 is 0 Å². The van der Waals surface area contributed by atoms with Gasteiger partial charge in [-0.1, -0.05) is 42.0 Å². The Bertz CT molecular complexity index is 1140. The van der Waals surface area contributed by atoms with Crippen LogP contribution in [0.2, 0.25) is 0 Å². The number of hydrogen-bond donors (Lipinski definition) is 0. The minimum absolute atomic E-state index is 0.196. The first-order chi connectivity index (χ1) is 13.6. The van der Waals surface area contributed by atoms with E-state index in [0.29, 0.717) is 16.8 Å². The van der Waals surface area contributed by atoms with Crippen molar-refractivity contribution in [1.29, 1.82) is 0 Å². The molecule has 0 spiro atoms. The summed E-state index contributed by atoms with van der Waals surface area (Å²) < 4.78 is 18.8. The van der Waals surface area contributed by atoms with E-state index < -0.39 is 5.97 Å². The number of aromatic nitrogens is 1. The molecule has 0 fully saturated rings. The van der Waals surface area contributed by atoms with Crippen molar-refractivity contribution in [2.45, 2.75) is 13.5 Å². The molecule has 0 bridgehead atoms. The highest BCUT2D eigenvalue weighted by molar-refractivity contribution is 6.04. The van der Waals surface area contributed by atoms with Crippen LogP contribution in [0.1, 0.15) is 21.5 Å². The average molecular weight is 371 g/mol. The summed E-state index contributed by atoms with van der Waals surface area (Å²) in [7, 11) is 0. The molecule has 0 atom stereocenters. The molecule has 0 saturated carbocycles. The number of pyridine rings is 1. The van der Waals surface area contributed by atoms with Crippen molar-refractivity contribution in [3.05, 3.63) is 101 Å². The van der Waals surface area contributed by atoms with Crippen molar-refractivity contribution in [2.24, 2.45) is 0 Å². The van der Waals surface area contributed by atoms with Gasteiger partial charge in [0.2, 0.25) is 0 Å². The third kappa shape index (κ3) is 3.76. The molecule has 28 heavy (non-hydrogen) atoms. The first kappa shape index (κ1) is 17.9. The van der Waals surface area contributed by atoms with Gasteiger partial charge >= 0.3 is 5.97 Å². The lowest BCUT2D eigenvalue weighted by Crippen LogP contribution is -2.07. The quantitative estimate of drug-likeness (QED) is 0.432. The third-order valence-corrected chi connectivity index (χ3v) is 4.54. The number of carbonyl (C=O) groups excluding carboxylic acids is 1. The molecule has 4 aromatic rings. The van der Waals surface area contributed by atoms with Crippen LogP contribution in [0.3, 0.4) is 0 Å². The number of ether oxygens (including phenoxy) is 1. The van der Waals surface area contributed by atoms with Gasteiger partial charge in [0, 0.05) is 10.9 Å². The SMILES string of the molecule is Cc1ccc2nc(-c3ccc(F)cc3)cc(C(=O)OCc3ccccc3)c2c1. The van der Waals surface area contributed by atoms with Crippen molar-refractivity contribution in [3.8, 4) is 11.3 Å². The number of carbonyl (C=O) groups is 1. The molecular weight excluding hydrogens is 353 g/mol. The number of nitrogens with zero attached hydrogens (tertiary/aromatic N) is 1. The molecule has 0 radical (unpaired) electrons. The van der Waals surface area contributed by atoms with Gasteiger partial charge in [-0.05, 0) is 55.0 Å². The van der Waals surface area contributed by atoms with E-state index in [0.717, 1.165) is 22.1 Å². The second-order valence-corrected chi connectivity index (χ2v) is 6.64. The van der Waals surface area contributed by atoms with Crippen LogP contribution in [0.15, 0.2) is 78.9 Å². The van der Waals surface area contributed by atoms with Crippen LogP contribution in [0, 0.1) is 12.7 Å². The van der Waals surface area contributed by atoms with Crippen LogP contribution in [0.5, 0.6) is 0 Å². The number of aryl methyl sites for hydroxylation is 1. The zero-order valence-electron chi connectivity index (χ0n) is 15.4. The van der Waals surface area contributed by atoms with Gasteiger partial charge in [-0.15, -0.1) is 0 Å². The Balaban J connectivity index is 1.75. The molecule has 3 aromatic carbocycles. The predicted molar refractivity (Wildman–Crippen MR) is 107 cm³/mol. The van der Waals surface area contributed by atoms with Gasteiger partial charge in [0.05, 0.1) is 16.8 Å². The molecule has 0 N–H and O–H groups in total. The number of rotatable bonds is 4. The largest absolute Gasteiger partial charge is 0.457 e. The Hall–Kier alpha value is -3.53. The fraction of sp³-hybridized carbons (Fsp3) is 0.0833. The Kier molecular flexibility index (Phi) is 4.85. The van der Waals surface area contributed by atoms with E-state index in [9.17, 15) is 9.18 Å². The number of benzene rings is 3. The smallest absolute Gasteiger partial charge is 0.339 e. The van der Waals surface area contributed by atoms with Gasteiger partial charge in [-0.2, -0.15) is 0 Å². The molecule has 4 rings (SSSR count). The maximum atomic E-state index is 13.3. The van der Waals surface area contributed by atoms with Crippen molar-refractivity contribution >= 4 is 16.9 Å². The molecule has 0 aliphatic heterocycles. The lowest BCUT2D eigenvalue weighted by Gasteiger charge is -2.11. The highest BCUT2D eigenvalue weighted by atomic mass is 19.1. The van der Waals surface area contributed by atoms with Crippen molar-refractivity contribution in [3.63, 3.8) is 0 Å². The van der Waals surface area contributed by atoms with Crippen LogP contribution in [0.25, 0.3) is 22.2 Å². The van der Waals surface area contributed by atoms with Gasteiger partial charge in [0.1, 0.15) is 12.4 Å². The van der Waals surface area contributed by atoms with E-state index in [1.165, 1.54) is 12.1 Å². The summed E-state index contributed by atoms with van der Waals surface area (Å²) in [6.45, 7) is 2.16. The summed E-state index contributed by atoms with van der Waals surface area (Å²) in [4.78, 5) is 17.5. The zero-order chi connectivity index (χ0) is 19.5. The summed E-state index contributed by atoms with van der Waals surface area (Å²) in [5.41, 5.74) is 4.43. The van der Waals surface area contributed by atoms with Crippen LogP contribution in [-0.2, 0) is 11.3 Å². The first-order valence-electron chi connectivity index (χ1n) is 8.98. The summed E-state index contributed by atoms with van der Waals surface area (Å²) >= 11 is 0. The van der Waals surface area contributed by atoms with Gasteiger partial charge in [-0.25, -0.2) is 14.2 Å². The number of fused-ring (bicyclic) bond motifs is 1. The van der Waals surface area contributed by atoms with E-state index in [1.807, 2.05) is 55.5 Å². The molecule has 0 aliphatic carbocycles. The highest BCUT2D eigenvalue weighted by Gasteiger charge is 2.16. The van der Waals surface area contributed by atoms with Crippen molar-refractivity contribution in [2.75, 3.05) is 0 Å². The second kappa shape index (κ2) is 7.61. The van der Waals surface area contributed by atoms with E-state index in [4.69, 9.17) is 4.74 Å². The maximum Gasteiger partial charge on any atom is 0.339 e. The Labute approximate surface area is 162 Å². The second-order valence-electron chi connectivity index (χ2n) is 6.64. The minimum Gasteiger partial charge on any atom is -0.457 e. The van der Waals surface area contributed by atoms with Gasteiger partial charge in [-0.3, -0.25) is 0 Å². The molecule has 0 saturated heterocycles. The number of hydrogen-bond acceptors (Lipinski definition) is 3. The molecule has 138 valence electrons. The zero-order valence-corrected chi connectivity index (χ0v) is 15.4. The topological polar surface area (TPSA) is 39.2 Å². The van der Waals surface area contributed by atoms with Crippen LogP contribution >= 0.6 is 0 Å². The minimum atomic E-state index is -0.412. The first-order valence-corrected chi connectivity index (χ1v) is 8.98. The Morgan fingerprint density at radius 2 is 1.71 bits per heavy atom. The maximum absolute atomic E-state index is 13.3. The normalized spacial score (nSPS) is 10.8. The Morgan fingerprint density at radius 3 is 2.46 bits per heavy atom. The van der Waals surface area contributed by atoms with Crippen molar-refractivity contribution in [1.82, 2.24) is 4.98 Å². The summed E-state index contributed by atoms with van der Waals surface area (Å²) in [6.07, 6.45) is 0. The van der Waals surface area contributed by atoms with E-state index in [1.54, 1.807) is 18.2 Å². The molecule has 0 aliphatic rings. The third-order valence-electron chi connectivity index (χ3n) is 4.54.